The van der Waals surface area contributed by atoms with Crippen molar-refractivity contribution in [3.8, 4) is 0 Å². The first-order valence-corrected chi connectivity index (χ1v) is 33.5. The molecule has 0 spiro atoms. The van der Waals surface area contributed by atoms with Gasteiger partial charge in [0.1, 0.15) is 13.2 Å². The summed E-state index contributed by atoms with van der Waals surface area (Å²) in [6.07, 6.45) is 73.0. The Morgan fingerprint density at radius 1 is 0.219 bits per heavy atom. The van der Waals surface area contributed by atoms with Gasteiger partial charge < -0.3 is 14.2 Å². The van der Waals surface area contributed by atoms with Gasteiger partial charge in [0.05, 0.1) is 0 Å². The second-order valence-electron chi connectivity index (χ2n) is 23.1. The lowest BCUT2D eigenvalue weighted by Gasteiger charge is -2.18. The zero-order valence-corrected chi connectivity index (χ0v) is 50.0. The summed E-state index contributed by atoms with van der Waals surface area (Å²) in [7, 11) is 0. The average molecular weight is 1030 g/mol. The van der Waals surface area contributed by atoms with Crippen LogP contribution in [0.15, 0.2) is 0 Å². The van der Waals surface area contributed by atoms with Crippen molar-refractivity contribution in [3.05, 3.63) is 0 Å². The Kier molecular flexibility index (Phi) is 61.6. The Morgan fingerprint density at radius 2 is 0.370 bits per heavy atom. The van der Waals surface area contributed by atoms with Gasteiger partial charge in [0.15, 0.2) is 6.10 Å². The lowest BCUT2D eigenvalue weighted by atomic mass is 10.0. The molecule has 1 unspecified atom stereocenters. The van der Waals surface area contributed by atoms with E-state index in [1.807, 2.05) is 0 Å². The fraction of sp³-hybridized carbons (Fsp3) is 0.955. The molecule has 0 saturated carbocycles. The molecule has 1 atom stereocenters. The van der Waals surface area contributed by atoms with E-state index in [1.54, 1.807) is 0 Å². The molecule has 6 heteroatoms. The molecule has 6 nitrogen and oxygen atoms in total. The van der Waals surface area contributed by atoms with Crippen molar-refractivity contribution in [2.45, 2.75) is 399 Å². The van der Waals surface area contributed by atoms with Crippen LogP contribution in [0.2, 0.25) is 0 Å². The summed E-state index contributed by atoms with van der Waals surface area (Å²) in [6.45, 7) is 6.68. The van der Waals surface area contributed by atoms with Crippen LogP contribution in [0.1, 0.15) is 393 Å². The number of hydrogen-bond donors (Lipinski definition) is 0. The van der Waals surface area contributed by atoms with Crippen molar-refractivity contribution in [2.75, 3.05) is 13.2 Å². The van der Waals surface area contributed by atoms with Gasteiger partial charge in [-0.15, -0.1) is 0 Å². The van der Waals surface area contributed by atoms with Gasteiger partial charge in [0.2, 0.25) is 0 Å². The molecule has 434 valence electrons. The highest BCUT2D eigenvalue weighted by Crippen LogP contribution is 2.19. The molecule has 0 aromatic heterocycles. The summed E-state index contributed by atoms with van der Waals surface area (Å²) < 4.78 is 16.9. The largest absolute Gasteiger partial charge is 0.462 e. The van der Waals surface area contributed by atoms with Gasteiger partial charge in [-0.3, -0.25) is 14.4 Å². The summed E-state index contributed by atoms with van der Waals surface area (Å²) in [6, 6.07) is 0. The summed E-state index contributed by atoms with van der Waals surface area (Å²) >= 11 is 0. The van der Waals surface area contributed by atoms with E-state index >= 15 is 0 Å². The quantitative estimate of drug-likeness (QED) is 0.0343. The summed E-state index contributed by atoms with van der Waals surface area (Å²) in [5, 5.41) is 0. The summed E-state index contributed by atoms with van der Waals surface area (Å²) in [4.78, 5) is 38.1. The molecule has 0 aliphatic rings. The maximum atomic E-state index is 12.9. The molecule has 0 aliphatic carbocycles. The molecule has 0 radical (unpaired) electrons. The number of esters is 3. The van der Waals surface area contributed by atoms with Crippen LogP contribution in [0.25, 0.3) is 0 Å². The Labute approximate surface area is 457 Å². The zero-order valence-electron chi connectivity index (χ0n) is 50.0. The van der Waals surface area contributed by atoms with E-state index in [2.05, 4.69) is 20.8 Å². The number of hydrogen-bond acceptors (Lipinski definition) is 6. The molecule has 0 bridgehead atoms. The molecule has 0 aliphatic heterocycles. The highest BCUT2D eigenvalue weighted by Gasteiger charge is 2.19. The lowest BCUT2D eigenvalue weighted by Crippen LogP contribution is -2.30. The monoisotopic (exact) mass is 1030 g/mol. The molecule has 73 heavy (non-hydrogen) atoms. The van der Waals surface area contributed by atoms with E-state index in [0.29, 0.717) is 19.3 Å². The van der Waals surface area contributed by atoms with Crippen molar-refractivity contribution in [3.63, 3.8) is 0 Å². The SMILES string of the molecule is CCCCCCCCCCCCCCCCCCCCCCCCCCCCCCC(=O)OCC(COC(=O)CCCCCCCCC)OC(=O)CCCCCCCCCCCCCCCCCCCCCC. The van der Waals surface area contributed by atoms with E-state index in [1.165, 1.54) is 295 Å². The molecule has 0 amide bonds. The number of carbonyl (C=O) groups excluding carboxylic acids is 3. The number of unbranched alkanes of at least 4 members (excludes halogenated alkanes) is 52. The Hall–Kier alpha value is -1.59. The fourth-order valence-corrected chi connectivity index (χ4v) is 10.6. The highest BCUT2D eigenvalue weighted by molar-refractivity contribution is 5.71. The summed E-state index contributed by atoms with van der Waals surface area (Å²) in [5.41, 5.74) is 0. The van der Waals surface area contributed by atoms with Crippen LogP contribution in [0, 0.1) is 0 Å². The second-order valence-corrected chi connectivity index (χ2v) is 23.1. The minimum atomic E-state index is -0.761. The van der Waals surface area contributed by atoms with E-state index in [9.17, 15) is 14.4 Å². The van der Waals surface area contributed by atoms with E-state index in [0.717, 1.165) is 57.8 Å². The van der Waals surface area contributed by atoms with E-state index in [4.69, 9.17) is 14.2 Å². The molecular formula is C67H130O6. The third-order valence-corrected chi connectivity index (χ3v) is 15.6. The fourth-order valence-electron chi connectivity index (χ4n) is 10.6. The molecule has 0 N–H and O–H groups in total. The first-order chi connectivity index (χ1) is 36.0. The van der Waals surface area contributed by atoms with Gasteiger partial charge in [0.25, 0.3) is 0 Å². The normalized spacial score (nSPS) is 11.9. The first-order valence-electron chi connectivity index (χ1n) is 33.5. The number of carbonyl (C=O) groups is 3. The van der Waals surface area contributed by atoms with Crippen molar-refractivity contribution in [2.24, 2.45) is 0 Å². The van der Waals surface area contributed by atoms with Crippen LogP contribution in [-0.2, 0) is 28.6 Å². The van der Waals surface area contributed by atoms with Gasteiger partial charge in [-0.2, -0.15) is 0 Å². The van der Waals surface area contributed by atoms with Gasteiger partial charge in [-0.1, -0.05) is 355 Å². The minimum Gasteiger partial charge on any atom is -0.462 e. The van der Waals surface area contributed by atoms with Gasteiger partial charge in [-0.05, 0) is 19.3 Å². The van der Waals surface area contributed by atoms with Gasteiger partial charge in [0, 0.05) is 19.3 Å². The zero-order chi connectivity index (χ0) is 52.9. The first kappa shape index (κ1) is 71.4. The Balaban J connectivity index is 3.99. The van der Waals surface area contributed by atoms with Crippen LogP contribution in [0.4, 0.5) is 0 Å². The van der Waals surface area contributed by atoms with Crippen molar-refractivity contribution >= 4 is 17.9 Å². The van der Waals surface area contributed by atoms with Crippen molar-refractivity contribution in [1.82, 2.24) is 0 Å². The third kappa shape index (κ3) is 61.1. The standard InChI is InChI=1S/C67H130O6/c1-4-7-10-13-16-18-20-22-24-26-28-30-31-32-33-34-35-36-37-39-40-42-44-46-48-51-54-57-60-66(69)72-63-64(62-71-65(68)59-56-53-50-15-12-9-6-3)73-67(70)61-58-55-52-49-47-45-43-41-38-29-27-25-23-21-19-17-14-11-8-5-2/h64H,4-63H2,1-3H3. The number of ether oxygens (including phenoxy) is 3. The number of rotatable bonds is 63. The Morgan fingerprint density at radius 3 is 0.548 bits per heavy atom. The maximum Gasteiger partial charge on any atom is 0.306 e. The van der Waals surface area contributed by atoms with Gasteiger partial charge >= 0.3 is 17.9 Å². The van der Waals surface area contributed by atoms with Crippen molar-refractivity contribution < 1.29 is 28.6 Å². The van der Waals surface area contributed by atoms with Crippen LogP contribution >= 0.6 is 0 Å². The van der Waals surface area contributed by atoms with Crippen LogP contribution in [0.3, 0.4) is 0 Å². The second kappa shape index (κ2) is 62.9. The smallest absolute Gasteiger partial charge is 0.306 e. The van der Waals surface area contributed by atoms with Gasteiger partial charge in [-0.25, -0.2) is 0 Å². The minimum absolute atomic E-state index is 0.0614. The van der Waals surface area contributed by atoms with E-state index < -0.39 is 6.10 Å². The highest BCUT2D eigenvalue weighted by atomic mass is 16.6. The maximum absolute atomic E-state index is 12.9. The molecular weight excluding hydrogens is 901 g/mol. The molecule has 0 aromatic rings. The van der Waals surface area contributed by atoms with Crippen LogP contribution < -0.4 is 0 Å². The van der Waals surface area contributed by atoms with Crippen LogP contribution in [0.5, 0.6) is 0 Å². The molecule has 0 heterocycles. The molecule has 0 saturated heterocycles. The third-order valence-electron chi connectivity index (χ3n) is 15.6. The Bertz CT molecular complexity index is 1090. The lowest BCUT2D eigenvalue weighted by molar-refractivity contribution is -0.167. The molecule has 0 rings (SSSR count). The topological polar surface area (TPSA) is 78.9 Å². The molecule has 0 aromatic carbocycles. The summed E-state index contributed by atoms with van der Waals surface area (Å²) in [5.74, 6) is -0.836. The van der Waals surface area contributed by atoms with Crippen molar-refractivity contribution in [1.29, 1.82) is 0 Å². The predicted octanol–water partition coefficient (Wildman–Crippen LogP) is 22.7. The average Bonchev–Trinajstić information content (AvgIpc) is 3.39. The predicted molar refractivity (Wildman–Crippen MR) is 317 cm³/mol. The van der Waals surface area contributed by atoms with Crippen LogP contribution in [-0.4, -0.2) is 37.2 Å². The molecule has 0 fully saturated rings. The van der Waals surface area contributed by atoms with E-state index in [-0.39, 0.29) is 31.1 Å².